The molecule has 0 bridgehead atoms. The van der Waals surface area contributed by atoms with Gasteiger partial charge in [0, 0.05) is 11.6 Å². The van der Waals surface area contributed by atoms with Crippen LogP contribution in [-0.4, -0.2) is 4.98 Å². The molecule has 0 radical (unpaired) electrons. The fraction of sp³-hybridized carbons (Fsp3) is 0. The third kappa shape index (κ3) is 1.50. The fourth-order valence-electron chi connectivity index (χ4n) is 1.18. The van der Waals surface area contributed by atoms with Crippen LogP contribution in [0.3, 0.4) is 0 Å². The quantitative estimate of drug-likeness (QED) is 0.769. The van der Waals surface area contributed by atoms with Crippen molar-refractivity contribution in [2.75, 3.05) is 5.73 Å². The van der Waals surface area contributed by atoms with Crippen molar-refractivity contribution in [3.05, 3.63) is 33.4 Å². The second kappa shape index (κ2) is 3.46. The van der Waals surface area contributed by atoms with Crippen molar-refractivity contribution in [2.24, 2.45) is 0 Å². The van der Waals surface area contributed by atoms with Crippen molar-refractivity contribution in [3.63, 3.8) is 0 Å². The Morgan fingerprint density at radius 1 is 1.00 bits per heavy atom. The van der Waals surface area contributed by atoms with Crippen LogP contribution < -0.4 is 5.73 Å². The Hall–Kier alpha value is -0.700. The Balaban J connectivity index is 2.89. The number of pyridine rings is 1. The highest BCUT2D eigenvalue weighted by molar-refractivity contribution is 6.43. The molecule has 0 atom stereocenters. The van der Waals surface area contributed by atoms with Crippen molar-refractivity contribution in [3.8, 4) is 0 Å². The first kappa shape index (κ1) is 9.84. The average molecular weight is 248 g/mol. The van der Waals surface area contributed by atoms with E-state index in [9.17, 15) is 0 Å². The van der Waals surface area contributed by atoms with Crippen LogP contribution >= 0.6 is 34.8 Å². The predicted molar refractivity (Wildman–Crippen MR) is 61.2 cm³/mol. The third-order valence-electron chi connectivity index (χ3n) is 1.90. The summed E-state index contributed by atoms with van der Waals surface area (Å²) in [6, 6.07) is 3.32. The minimum Gasteiger partial charge on any atom is -0.397 e. The first-order valence-corrected chi connectivity index (χ1v) is 4.91. The van der Waals surface area contributed by atoms with Gasteiger partial charge in [-0.3, -0.25) is 4.98 Å². The van der Waals surface area contributed by atoms with E-state index in [0.717, 1.165) is 0 Å². The lowest BCUT2D eigenvalue weighted by Crippen LogP contribution is -1.90. The van der Waals surface area contributed by atoms with Gasteiger partial charge in [-0.05, 0) is 12.1 Å². The largest absolute Gasteiger partial charge is 0.397 e. The first-order chi connectivity index (χ1) is 6.59. The number of halogens is 3. The van der Waals surface area contributed by atoms with Gasteiger partial charge in [0.25, 0.3) is 0 Å². The minimum absolute atomic E-state index is 0.413. The number of hydrogen-bond acceptors (Lipinski definition) is 2. The van der Waals surface area contributed by atoms with Crippen LogP contribution in [0.5, 0.6) is 0 Å². The maximum Gasteiger partial charge on any atom is 0.0825 e. The van der Waals surface area contributed by atoms with Gasteiger partial charge in [0.15, 0.2) is 0 Å². The summed E-state index contributed by atoms with van der Waals surface area (Å²) in [5, 5.41) is 2.02. The van der Waals surface area contributed by atoms with Crippen LogP contribution in [0.25, 0.3) is 10.9 Å². The average Bonchev–Trinajstić information content (AvgIpc) is 2.15. The van der Waals surface area contributed by atoms with Gasteiger partial charge in [0.05, 0.1) is 26.3 Å². The molecule has 0 amide bonds. The van der Waals surface area contributed by atoms with Crippen LogP contribution in [0.15, 0.2) is 18.3 Å². The van der Waals surface area contributed by atoms with Crippen LogP contribution in [0.1, 0.15) is 0 Å². The van der Waals surface area contributed by atoms with Crippen LogP contribution in [0.4, 0.5) is 5.69 Å². The molecule has 0 aliphatic carbocycles. The van der Waals surface area contributed by atoms with Gasteiger partial charge >= 0.3 is 0 Å². The fourth-order valence-corrected chi connectivity index (χ4v) is 1.66. The topological polar surface area (TPSA) is 38.9 Å². The van der Waals surface area contributed by atoms with E-state index in [1.807, 2.05) is 0 Å². The molecule has 2 aromatic rings. The zero-order chi connectivity index (χ0) is 10.3. The van der Waals surface area contributed by atoms with Gasteiger partial charge in [0.1, 0.15) is 0 Å². The molecule has 2 N–H and O–H groups in total. The summed E-state index contributed by atoms with van der Waals surface area (Å²) >= 11 is 17.5. The number of nitrogens with two attached hydrogens (primary N) is 1. The maximum absolute atomic E-state index is 5.85. The smallest absolute Gasteiger partial charge is 0.0825 e. The second-order valence-corrected chi connectivity index (χ2v) is 4.02. The van der Waals surface area contributed by atoms with E-state index < -0.39 is 0 Å². The number of benzene rings is 1. The molecule has 1 aromatic heterocycles. The molecule has 2 nitrogen and oxygen atoms in total. The molecule has 2 rings (SSSR count). The van der Waals surface area contributed by atoms with Gasteiger partial charge in [-0.2, -0.15) is 0 Å². The van der Waals surface area contributed by atoms with Crippen LogP contribution in [0.2, 0.25) is 15.1 Å². The molecule has 1 aromatic carbocycles. The summed E-state index contributed by atoms with van der Waals surface area (Å²) in [4.78, 5) is 4.09. The number of nitrogens with zero attached hydrogens (tertiary/aromatic N) is 1. The SMILES string of the molecule is Nc1c(Cl)cnc2cc(Cl)c(Cl)cc12. The van der Waals surface area contributed by atoms with E-state index in [-0.39, 0.29) is 0 Å². The highest BCUT2D eigenvalue weighted by Crippen LogP contribution is 2.32. The summed E-state index contributed by atoms with van der Waals surface area (Å²) in [6.07, 6.45) is 1.49. The molecule has 5 heteroatoms. The lowest BCUT2D eigenvalue weighted by Gasteiger charge is -2.04. The molecule has 0 fully saturated rings. The zero-order valence-electron chi connectivity index (χ0n) is 6.89. The standard InChI is InChI=1S/C9H5Cl3N2/c10-5-1-4-8(2-6(5)11)14-3-7(12)9(4)13/h1-3H,(H2,13,14). The van der Waals surface area contributed by atoms with Gasteiger partial charge in [-0.15, -0.1) is 0 Å². The lowest BCUT2D eigenvalue weighted by molar-refractivity contribution is 1.41. The van der Waals surface area contributed by atoms with Gasteiger partial charge in [0.2, 0.25) is 0 Å². The van der Waals surface area contributed by atoms with Crippen molar-refractivity contribution in [1.82, 2.24) is 4.98 Å². The molecule has 0 spiro atoms. The third-order valence-corrected chi connectivity index (χ3v) is 2.93. The van der Waals surface area contributed by atoms with E-state index in [1.165, 1.54) is 6.20 Å². The van der Waals surface area contributed by atoms with Gasteiger partial charge in [-0.25, -0.2) is 0 Å². The van der Waals surface area contributed by atoms with E-state index in [2.05, 4.69) is 4.98 Å². The van der Waals surface area contributed by atoms with Crippen LogP contribution in [0, 0.1) is 0 Å². The van der Waals surface area contributed by atoms with Crippen molar-refractivity contribution in [1.29, 1.82) is 0 Å². The predicted octanol–water partition coefficient (Wildman–Crippen LogP) is 3.78. The van der Waals surface area contributed by atoms with E-state index in [1.54, 1.807) is 12.1 Å². The molecule has 0 aliphatic heterocycles. The first-order valence-electron chi connectivity index (χ1n) is 3.78. The van der Waals surface area contributed by atoms with E-state index in [0.29, 0.717) is 31.7 Å². The highest BCUT2D eigenvalue weighted by Gasteiger charge is 2.07. The Morgan fingerprint density at radius 3 is 2.36 bits per heavy atom. The molecule has 0 saturated carbocycles. The summed E-state index contributed by atoms with van der Waals surface area (Å²) in [7, 11) is 0. The van der Waals surface area contributed by atoms with Gasteiger partial charge < -0.3 is 5.73 Å². The Bertz CT molecular complexity index is 511. The molecular formula is C9H5Cl3N2. The van der Waals surface area contributed by atoms with Crippen LogP contribution in [-0.2, 0) is 0 Å². The Kier molecular flexibility index (Phi) is 2.43. The maximum atomic E-state index is 5.85. The lowest BCUT2D eigenvalue weighted by atomic mass is 10.2. The second-order valence-electron chi connectivity index (χ2n) is 2.80. The molecule has 72 valence electrons. The summed E-state index contributed by atoms with van der Waals surface area (Å²) < 4.78 is 0. The number of nitrogen functional groups attached to an aromatic ring is 1. The number of anilines is 1. The summed E-state index contributed by atoms with van der Waals surface area (Å²) in [5.74, 6) is 0. The van der Waals surface area contributed by atoms with Gasteiger partial charge in [-0.1, -0.05) is 34.8 Å². The number of aromatic nitrogens is 1. The molecule has 0 unspecified atom stereocenters. The van der Waals surface area contributed by atoms with E-state index in [4.69, 9.17) is 40.5 Å². The Morgan fingerprint density at radius 2 is 1.64 bits per heavy atom. The monoisotopic (exact) mass is 246 g/mol. The molecule has 14 heavy (non-hydrogen) atoms. The van der Waals surface area contributed by atoms with Crippen molar-refractivity contribution < 1.29 is 0 Å². The molecule has 0 saturated heterocycles. The number of fused-ring (bicyclic) bond motifs is 1. The highest BCUT2D eigenvalue weighted by atomic mass is 35.5. The van der Waals surface area contributed by atoms with Crippen molar-refractivity contribution >= 4 is 51.4 Å². The number of rotatable bonds is 0. The van der Waals surface area contributed by atoms with E-state index >= 15 is 0 Å². The normalized spacial score (nSPS) is 10.8. The number of hydrogen-bond donors (Lipinski definition) is 1. The molecule has 0 aliphatic rings. The molecule has 1 heterocycles. The Labute approximate surface area is 95.6 Å². The summed E-state index contributed by atoms with van der Waals surface area (Å²) in [6.45, 7) is 0. The zero-order valence-corrected chi connectivity index (χ0v) is 9.16. The summed E-state index contributed by atoms with van der Waals surface area (Å²) in [5.41, 5.74) is 6.91. The molecular weight excluding hydrogens is 242 g/mol. The minimum atomic E-state index is 0.413. The van der Waals surface area contributed by atoms with Crippen molar-refractivity contribution in [2.45, 2.75) is 0 Å².